The Balaban J connectivity index is 1.55. The number of carbonyl (C=O) groups excluding carboxylic acids is 1. The van der Waals surface area contributed by atoms with Gasteiger partial charge in [-0.2, -0.15) is 0 Å². The molecule has 0 amide bonds. The van der Waals surface area contributed by atoms with Crippen LogP contribution in [0.4, 0.5) is 5.95 Å². The van der Waals surface area contributed by atoms with Gasteiger partial charge in [0.15, 0.2) is 0 Å². The number of aldehydes is 1. The number of nitrogens with zero attached hydrogens (tertiary/aromatic N) is 4. The largest absolute Gasteiger partial charge is 0.338 e. The Hall–Kier alpha value is -1.49. The number of hydrogen-bond donors (Lipinski definition) is 0. The van der Waals surface area contributed by atoms with Crippen molar-refractivity contribution >= 4 is 12.2 Å². The first kappa shape index (κ1) is 13.5. The molecule has 0 bridgehead atoms. The molecule has 2 aliphatic rings. The molecule has 1 aliphatic carbocycles. The number of carbonyl (C=O) groups is 1. The summed E-state index contributed by atoms with van der Waals surface area (Å²) in [6.07, 6.45) is 9.33. The van der Waals surface area contributed by atoms with Gasteiger partial charge in [0.1, 0.15) is 6.29 Å². The SMILES string of the molecule is O=CC1(CN2CCN(c3ncccn3)CC2)CCCC1. The molecule has 5 nitrogen and oxygen atoms in total. The third-order valence-electron chi connectivity index (χ3n) is 4.60. The van der Waals surface area contributed by atoms with Gasteiger partial charge in [-0.25, -0.2) is 9.97 Å². The number of aromatic nitrogens is 2. The highest BCUT2D eigenvalue weighted by Gasteiger charge is 2.36. The molecule has 0 N–H and O–H groups in total. The van der Waals surface area contributed by atoms with Gasteiger partial charge >= 0.3 is 0 Å². The fraction of sp³-hybridized carbons (Fsp3) is 0.667. The third kappa shape index (κ3) is 2.82. The standard InChI is InChI=1S/C15H22N4O/c20-13-15(4-1-2-5-15)12-18-8-10-19(11-9-18)14-16-6-3-7-17-14/h3,6-7,13H,1-2,4-5,8-12H2. The normalized spacial score (nSPS) is 22.9. The fourth-order valence-corrected chi connectivity index (χ4v) is 3.40. The van der Waals surface area contributed by atoms with Gasteiger partial charge < -0.3 is 9.69 Å². The van der Waals surface area contributed by atoms with E-state index >= 15 is 0 Å². The molecule has 5 heteroatoms. The number of piperazine rings is 1. The van der Waals surface area contributed by atoms with Gasteiger partial charge in [0.25, 0.3) is 0 Å². The van der Waals surface area contributed by atoms with E-state index in [1.54, 1.807) is 12.4 Å². The molecule has 1 saturated heterocycles. The summed E-state index contributed by atoms with van der Waals surface area (Å²) in [5.74, 6) is 0.818. The van der Waals surface area contributed by atoms with Crippen molar-refractivity contribution in [1.82, 2.24) is 14.9 Å². The van der Waals surface area contributed by atoms with Gasteiger partial charge in [0.2, 0.25) is 5.95 Å². The van der Waals surface area contributed by atoms with Crippen molar-refractivity contribution in [3.63, 3.8) is 0 Å². The Bertz CT molecular complexity index is 436. The number of hydrogen-bond acceptors (Lipinski definition) is 5. The van der Waals surface area contributed by atoms with Crippen molar-refractivity contribution in [2.45, 2.75) is 25.7 Å². The van der Waals surface area contributed by atoms with Crippen molar-refractivity contribution < 1.29 is 4.79 Å². The van der Waals surface area contributed by atoms with E-state index in [-0.39, 0.29) is 5.41 Å². The van der Waals surface area contributed by atoms with E-state index in [4.69, 9.17) is 0 Å². The maximum Gasteiger partial charge on any atom is 0.225 e. The van der Waals surface area contributed by atoms with Crippen LogP contribution in [0.2, 0.25) is 0 Å². The van der Waals surface area contributed by atoms with Crippen molar-refractivity contribution in [1.29, 1.82) is 0 Å². The van der Waals surface area contributed by atoms with E-state index < -0.39 is 0 Å². The van der Waals surface area contributed by atoms with Crippen LogP contribution >= 0.6 is 0 Å². The first-order chi connectivity index (χ1) is 9.81. The molecule has 108 valence electrons. The molecular formula is C15H22N4O. The smallest absolute Gasteiger partial charge is 0.225 e. The van der Waals surface area contributed by atoms with Crippen LogP contribution in [0.25, 0.3) is 0 Å². The number of anilines is 1. The maximum absolute atomic E-state index is 11.4. The van der Waals surface area contributed by atoms with Crippen LogP contribution in [0, 0.1) is 5.41 Å². The molecule has 3 rings (SSSR count). The zero-order chi connectivity index (χ0) is 13.8. The molecule has 20 heavy (non-hydrogen) atoms. The Morgan fingerprint density at radius 1 is 1.10 bits per heavy atom. The third-order valence-corrected chi connectivity index (χ3v) is 4.60. The average molecular weight is 274 g/mol. The molecule has 2 fully saturated rings. The highest BCUT2D eigenvalue weighted by Crippen LogP contribution is 2.37. The summed E-state index contributed by atoms with van der Waals surface area (Å²) in [5, 5.41) is 0. The molecule has 2 heterocycles. The lowest BCUT2D eigenvalue weighted by atomic mass is 9.87. The lowest BCUT2D eigenvalue weighted by Crippen LogP contribution is -2.50. The monoisotopic (exact) mass is 274 g/mol. The zero-order valence-electron chi connectivity index (χ0n) is 11.9. The Kier molecular flexibility index (Phi) is 3.96. The number of rotatable bonds is 4. The van der Waals surface area contributed by atoms with E-state index in [0.29, 0.717) is 0 Å². The second-order valence-corrected chi connectivity index (χ2v) is 6.00. The molecule has 0 spiro atoms. The average Bonchev–Trinajstić information content (AvgIpc) is 2.98. The van der Waals surface area contributed by atoms with Crippen molar-refractivity contribution in [3.05, 3.63) is 18.5 Å². The van der Waals surface area contributed by atoms with E-state index in [9.17, 15) is 4.79 Å². The summed E-state index contributed by atoms with van der Waals surface area (Å²) < 4.78 is 0. The molecule has 1 aromatic heterocycles. The molecule has 1 saturated carbocycles. The lowest BCUT2D eigenvalue weighted by Gasteiger charge is -2.38. The molecule has 1 aromatic rings. The Morgan fingerprint density at radius 2 is 1.75 bits per heavy atom. The molecular weight excluding hydrogens is 252 g/mol. The van der Waals surface area contributed by atoms with Crippen LogP contribution in [0.1, 0.15) is 25.7 Å². The molecule has 0 atom stereocenters. The fourth-order valence-electron chi connectivity index (χ4n) is 3.40. The summed E-state index contributed by atoms with van der Waals surface area (Å²) in [5.41, 5.74) is -0.0641. The topological polar surface area (TPSA) is 49.3 Å². The van der Waals surface area contributed by atoms with Crippen LogP contribution in [0.15, 0.2) is 18.5 Å². The van der Waals surface area contributed by atoms with Gasteiger partial charge in [0, 0.05) is 50.5 Å². The quantitative estimate of drug-likeness (QED) is 0.776. The summed E-state index contributed by atoms with van der Waals surface area (Å²) in [4.78, 5) is 24.7. The Labute approximate surface area is 120 Å². The first-order valence-corrected chi connectivity index (χ1v) is 7.52. The summed E-state index contributed by atoms with van der Waals surface area (Å²) >= 11 is 0. The predicted molar refractivity (Wildman–Crippen MR) is 77.7 cm³/mol. The van der Waals surface area contributed by atoms with Crippen molar-refractivity contribution in [2.75, 3.05) is 37.6 Å². The van der Waals surface area contributed by atoms with Crippen LogP contribution in [-0.2, 0) is 4.79 Å². The van der Waals surface area contributed by atoms with Crippen molar-refractivity contribution in [3.8, 4) is 0 Å². The minimum atomic E-state index is -0.0641. The van der Waals surface area contributed by atoms with Gasteiger partial charge in [0.05, 0.1) is 0 Å². The van der Waals surface area contributed by atoms with Crippen LogP contribution in [0.5, 0.6) is 0 Å². The maximum atomic E-state index is 11.4. The van der Waals surface area contributed by atoms with Gasteiger partial charge in [-0.3, -0.25) is 4.90 Å². The van der Waals surface area contributed by atoms with Gasteiger partial charge in [-0.1, -0.05) is 12.8 Å². The highest BCUT2D eigenvalue weighted by atomic mass is 16.1. The second-order valence-electron chi connectivity index (χ2n) is 6.00. The summed E-state index contributed by atoms with van der Waals surface area (Å²) in [6, 6.07) is 1.84. The van der Waals surface area contributed by atoms with E-state index in [2.05, 4.69) is 19.8 Å². The minimum Gasteiger partial charge on any atom is -0.338 e. The van der Waals surface area contributed by atoms with E-state index in [0.717, 1.165) is 51.5 Å². The van der Waals surface area contributed by atoms with Crippen LogP contribution in [-0.4, -0.2) is 53.9 Å². The molecule has 0 radical (unpaired) electrons. The lowest BCUT2D eigenvalue weighted by molar-refractivity contribution is -0.117. The zero-order valence-corrected chi connectivity index (χ0v) is 11.9. The van der Waals surface area contributed by atoms with Crippen LogP contribution < -0.4 is 4.90 Å². The second kappa shape index (κ2) is 5.87. The van der Waals surface area contributed by atoms with Crippen LogP contribution in [0.3, 0.4) is 0 Å². The summed E-state index contributed by atoms with van der Waals surface area (Å²) in [6.45, 7) is 4.81. The van der Waals surface area contributed by atoms with Gasteiger partial charge in [-0.15, -0.1) is 0 Å². The van der Waals surface area contributed by atoms with Gasteiger partial charge in [-0.05, 0) is 18.9 Å². The molecule has 0 unspecified atom stereocenters. The predicted octanol–water partition coefficient (Wildman–Crippen LogP) is 1.36. The molecule has 0 aromatic carbocycles. The van der Waals surface area contributed by atoms with E-state index in [1.807, 2.05) is 6.07 Å². The summed E-state index contributed by atoms with van der Waals surface area (Å²) in [7, 11) is 0. The minimum absolute atomic E-state index is 0.0641. The van der Waals surface area contributed by atoms with Crippen molar-refractivity contribution in [2.24, 2.45) is 5.41 Å². The van der Waals surface area contributed by atoms with E-state index in [1.165, 1.54) is 19.1 Å². The highest BCUT2D eigenvalue weighted by molar-refractivity contribution is 5.60. The Morgan fingerprint density at radius 3 is 2.35 bits per heavy atom. The first-order valence-electron chi connectivity index (χ1n) is 7.52. The molecule has 1 aliphatic heterocycles.